The summed E-state index contributed by atoms with van der Waals surface area (Å²) in [5, 5.41) is 20.2. The first kappa shape index (κ1) is 31.3. The third-order valence-electron chi connectivity index (χ3n) is 6.55. The average Bonchev–Trinajstić information content (AvgIpc) is 2.95. The number of likely N-dealkylation sites (N-methyl/N-ethyl adjacent to an activating group) is 1. The van der Waals surface area contributed by atoms with Crippen molar-refractivity contribution < 1.29 is 42.6 Å². The number of rotatable bonds is 7. The van der Waals surface area contributed by atoms with E-state index in [1.54, 1.807) is 17.6 Å². The summed E-state index contributed by atoms with van der Waals surface area (Å²) in [4.78, 5) is 40.6. The van der Waals surface area contributed by atoms with Gasteiger partial charge in [-0.2, -0.15) is 13.2 Å². The summed E-state index contributed by atoms with van der Waals surface area (Å²) in [5.41, 5.74) is 5.27. The quantitative estimate of drug-likeness (QED) is 0.241. The third-order valence-corrected chi connectivity index (χ3v) is 6.55. The smallest absolute Gasteiger partial charge is 0.489 e. The predicted molar refractivity (Wildman–Crippen MR) is 143 cm³/mol. The maximum atomic E-state index is 13.1. The number of pyridine rings is 1. The molecule has 0 spiro atoms. The largest absolute Gasteiger partial charge is 0.490 e. The monoisotopic (exact) mass is 576 g/mol. The molecule has 13 heteroatoms. The lowest BCUT2D eigenvalue weighted by molar-refractivity contribution is -0.192. The first-order valence-electron chi connectivity index (χ1n) is 12.8. The molecule has 4 N–H and O–H groups in total. The highest BCUT2D eigenvalue weighted by Gasteiger charge is 2.40. The van der Waals surface area contributed by atoms with E-state index in [0.29, 0.717) is 31.0 Å². The number of nitrogens with zero attached hydrogens (tertiary/aromatic N) is 2. The minimum Gasteiger partial charge on any atom is -0.489 e. The van der Waals surface area contributed by atoms with Crippen LogP contribution in [0.5, 0.6) is 5.75 Å². The SMILES string of the molecule is CCN1CCC[C@@H](C(=O)NO)[C@@H]1C(=O)Nc1ccc(OCc2cc(C)nc3ccccc23)cc1.O=C(O)C(F)(F)F. The van der Waals surface area contributed by atoms with Gasteiger partial charge in [-0.25, -0.2) is 10.3 Å². The number of carboxylic acids is 1. The first-order chi connectivity index (χ1) is 19.4. The molecule has 1 aromatic heterocycles. The normalized spacial score (nSPS) is 17.2. The maximum Gasteiger partial charge on any atom is 0.490 e. The van der Waals surface area contributed by atoms with E-state index in [1.807, 2.05) is 61.2 Å². The number of anilines is 1. The Morgan fingerprint density at radius 2 is 1.76 bits per heavy atom. The van der Waals surface area contributed by atoms with Crippen molar-refractivity contribution in [3.05, 3.63) is 65.9 Å². The number of carboxylic acid groups (broad SMARTS) is 1. The van der Waals surface area contributed by atoms with Crippen molar-refractivity contribution in [3.8, 4) is 5.75 Å². The number of hydrogen-bond donors (Lipinski definition) is 4. The molecule has 10 nitrogen and oxygen atoms in total. The van der Waals surface area contributed by atoms with Crippen LogP contribution in [0.1, 0.15) is 31.0 Å². The number of carbonyl (C=O) groups excluding carboxylic acids is 2. The van der Waals surface area contributed by atoms with Crippen LogP contribution < -0.4 is 15.5 Å². The number of aromatic nitrogens is 1. The number of piperidine rings is 1. The molecule has 220 valence electrons. The summed E-state index contributed by atoms with van der Waals surface area (Å²) in [6.07, 6.45) is -3.73. The number of alkyl halides is 3. The Bertz CT molecular complexity index is 1370. The van der Waals surface area contributed by atoms with Crippen molar-refractivity contribution in [2.75, 3.05) is 18.4 Å². The zero-order valence-corrected chi connectivity index (χ0v) is 22.4. The van der Waals surface area contributed by atoms with Crippen LogP contribution in [0.4, 0.5) is 18.9 Å². The Hall–Kier alpha value is -4.23. The van der Waals surface area contributed by atoms with Crippen molar-refractivity contribution in [2.45, 2.75) is 45.5 Å². The molecule has 3 aromatic rings. The molecule has 2 heterocycles. The summed E-state index contributed by atoms with van der Waals surface area (Å²) in [6.45, 7) is 5.71. The molecule has 2 aromatic carbocycles. The van der Waals surface area contributed by atoms with E-state index in [1.165, 1.54) is 0 Å². The van der Waals surface area contributed by atoms with Gasteiger partial charge in [0.05, 0.1) is 11.4 Å². The van der Waals surface area contributed by atoms with Gasteiger partial charge in [-0.05, 0) is 69.3 Å². The van der Waals surface area contributed by atoms with E-state index in [0.717, 1.165) is 35.1 Å². The maximum absolute atomic E-state index is 13.1. The molecule has 1 aliphatic rings. The van der Waals surface area contributed by atoms with Crippen LogP contribution in [0.15, 0.2) is 54.6 Å². The van der Waals surface area contributed by atoms with Gasteiger partial charge >= 0.3 is 12.1 Å². The van der Waals surface area contributed by atoms with E-state index < -0.39 is 30.0 Å². The fourth-order valence-corrected chi connectivity index (χ4v) is 4.65. The number of carbonyl (C=O) groups is 3. The molecule has 41 heavy (non-hydrogen) atoms. The van der Waals surface area contributed by atoms with E-state index in [9.17, 15) is 22.8 Å². The van der Waals surface area contributed by atoms with Crippen molar-refractivity contribution >= 4 is 34.4 Å². The highest BCUT2D eigenvalue weighted by Crippen LogP contribution is 2.26. The number of fused-ring (bicyclic) bond motifs is 1. The number of ether oxygens (including phenoxy) is 1. The van der Waals surface area contributed by atoms with E-state index in [2.05, 4.69) is 10.3 Å². The zero-order valence-electron chi connectivity index (χ0n) is 22.4. The highest BCUT2D eigenvalue weighted by molar-refractivity contribution is 5.98. The summed E-state index contributed by atoms with van der Waals surface area (Å²) in [5.74, 6) is -3.46. The lowest BCUT2D eigenvalue weighted by Crippen LogP contribution is -2.55. The van der Waals surface area contributed by atoms with Crippen LogP contribution in [-0.4, -0.2) is 63.3 Å². The lowest BCUT2D eigenvalue weighted by Gasteiger charge is -2.38. The van der Waals surface area contributed by atoms with Gasteiger partial charge in [0, 0.05) is 22.3 Å². The summed E-state index contributed by atoms with van der Waals surface area (Å²) in [6, 6.07) is 16.6. The van der Waals surface area contributed by atoms with Gasteiger partial charge in [-0.15, -0.1) is 0 Å². The van der Waals surface area contributed by atoms with Crippen LogP contribution in [-0.2, 0) is 21.0 Å². The molecule has 0 radical (unpaired) electrons. The van der Waals surface area contributed by atoms with E-state index in [-0.39, 0.29) is 5.91 Å². The van der Waals surface area contributed by atoms with Crippen LogP contribution >= 0.6 is 0 Å². The molecule has 1 saturated heterocycles. The fourth-order valence-electron chi connectivity index (χ4n) is 4.65. The molecule has 0 unspecified atom stereocenters. The Morgan fingerprint density at radius 1 is 1.10 bits per heavy atom. The molecule has 1 aliphatic heterocycles. The number of benzene rings is 2. The minimum absolute atomic E-state index is 0.262. The summed E-state index contributed by atoms with van der Waals surface area (Å²) in [7, 11) is 0. The Labute approximate surface area is 234 Å². The topological polar surface area (TPSA) is 141 Å². The van der Waals surface area contributed by atoms with Gasteiger partial charge < -0.3 is 15.2 Å². The van der Waals surface area contributed by atoms with Gasteiger partial charge in [0.1, 0.15) is 18.4 Å². The molecule has 4 rings (SSSR count). The number of aliphatic carboxylic acids is 1. The lowest BCUT2D eigenvalue weighted by atomic mass is 9.87. The summed E-state index contributed by atoms with van der Waals surface area (Å²) < 4.78 is 37.7. The van der Waals surface area contributed by atoms with Gasteiger partial charge in [-0.3, -0.25) is 24.7 Å². The molecular weight excluding hydrogens is 545 g/mol. The van der Waals surface area contributed by atoms with Crippen LogP contribution in [0.25, 0.3) is 10.9 Å². The molecule has 2 atom stereocenters. The van der Waals surface area contributed by atoms with Gasteiger partial charge in [0.25, 0.3) is 0 Å². The second kappa shape index (κ2) is 13.9. The average molecular weight is 577 g/mol. The number of hydroxylamine groups is 1. The van der Waals surface area contributed by atoms with E-state index in [4.69, 9.17) is 19.8 Å². The van der Waals surface area contributed by atoms with Crippen molar-refractivity contribution in [1.82, 2.24) is 15.4 Å². The minimum atomic E-state index is -5.08. The van der Waals surface area contributed by atoms with Gasteiger partial charge in [0.2, 0.25) is 11.8 Å². The standard InChI is InChI=1S/C26H30N4O4.C2HF3O2/c1-3-30-14-6-8-22(25(31)29-33)24(30)26(32)28-19-10-12-20(13-11-19)34-16-18-15-17(2)27-23-9-5-4-7-21(18)23;3-2(4,5)1(6)7/h4-5,7,9-13,15,22,24,33H,3,6,8,14,16H2,1-2H3,(H,28,32)(H,29,31);(H,6,7)/t22-,24-;/m1./s1. The van der Waals surface area contributed by atoms with E-state index >= 15 is 0 Å². The Kier molecular flexibility index (Phi) is 10.6. The molecule has 0 saturated carbocycles. The second-order valence-electron chi connectivity index (χ2n) is 9.34. The predicted octanol–water partition coefficient (Wildman–Crippen LogP) is 4.30. The number of para-hydroxylation sites is 1. The van der Waals surface area contributed by atoms with Crippen LogP contribution in [0.2, 0.25) is 0 Å². The zero-order chi connectivity index (χ0) is 30.2. The highest BCUT2D eigenvalue weighted by atomic mass is 19.4. The van der Waals surface area contributed by atoms with Crippen molar-refractivity contribution in [1.29, 1.82) is 0 Å². The van der Waals surface area contributed by atoms with Gasteiger partial charge in [0.15, 0.2) is 0 Å². The third kappa shape index (κ3) is 8.38. The molecule has 1 fully saturated rings. The van der Waals surface area contributed by atoms with Crippen LogP contribution in [0.3, 0.4) is 0 Å². The molecular formula is C28H31F3N4O6. The summed E-state index contributed by atoms with van der Waals surface area (Å²) >= 11 is 0. The molecule has 0 aliphatic carbocycles. The molecule has 0 bridgehead atoms. The Morgan fingerprint density at radius 3 is 2.37 bits per heavy atom. The number of halogens is 3. The van der Waals surface area contributed by atoms with Crippen molar-refractivity contribution in [3.63, 3.8) is 0 Å². The molecule has 2 amide bonds. The number of likely N-dealkylation sites (tertiary alicyclic amines) is 1. The van der Waals surface area contributed by atoms with Crippen LogP contribution in [0, 0.1) is 12.8 Å². The fraction of sp³-hybridized carbons (Fsp3) is 0.357. The number of aryl methyl sites for hydroxylation is 1. The Balaban J connectivity index is 0.000000587. The second-order valence-corrected chi connectivity index (χ2v) is 9.34. The number of nitrogens with one attached hydrogen (secondary N) is 2. The van der Waals surface area contributed by atoms with Crippen molar-refractivity contribution in [2.24, 2.45) is 5.92 Å². The number of hydrogen-bond acceptors (Lipinski definition) is 7. The number of amides is 2. The van der Waals surface area contributed by atoms with Gasteiger partial charge in [-0.1, -0.05) is 25.1 Å². The first-order valence-corrected chi connectivity index (χ1v) is 12.8.